The van der Waals surface area contributed by atoms with Gasteiger partial charge in [0.1, 0.15) is 0 Å². The largest absolute Gasteiger partial charge is 0.353 e. The van der Waals surface area contributed by atoms with E-state index in [1.165, 1.54) is 0 Å². The molecule has 0 saturated heterocycles. The number of nitrogens with zero attached hydrogens (tertiary/aromatic N) is 1. The van der Waals surface area contributed by atoms with Gasteiger partial charge in [0.25, 0.3) is 0 Å². The van der Waals surface area contributed by atoms with Crippen LogP contribution in [0.5, 0.6) is 0 Å². The summed E-state index contributed by atoms with van der Waals surface area (Å²) in [6, 6.07) is 0.277. The second-order valence-corrected chi connectivity index (χ2v) is 4.32. The Balaban J connectivity index is 3.88. The lowest BCUT2D eigenvalue weighted by Gasteiger charge is -2.21. The van der Waals surface area contributed by atoms with Crippen LogP contribution in [0.3, 0.4) is 0 Å². The lowest BCUT2D eigenvalue weighted by Crippen LogP contribution is -2.42. The van der Waals surface area contributed by atoms with Gasteiger partial charge in [0, 0.05) is 19.1 Å². The van der Waals surface area contributed by atoms with Crippen molar-refractivity contribution in [2.45, 2.75) is 46.1 Å². The van der Waals surface area contributed by atoms with Crippen LogP contribution in [-0.4, -0.2) is 43.0 Å². The normalized spacial score (nSPS) is 12.8. The zero-order valence-electron chi connectivity index (χ0n) is 11.0. The maximum Gasteiger partial charge on any atom is 0.234 e. The summed E-state index contributed by atoms with van der Waals surface area (Å²) in [7, 11) is 0. The molecule has 0 rings (SSSR count). The van der Waals surface area contributed by atoms with E-state index in [0.29, 0.717) is 13.1 Å². The summed E-state index contributed by atoms with van der Waals surface area (Å²) < 4.78 is 0. The van der Waals surface area contributed by atoms with E-state index in [1.807, 2.05) is 0 Å². The molecule has 0 fully saturated rings. The molecule has 0 spiro atoms. The van der Waals surface area contributed by atoms with Crippen LogP contribution in [-0.2, 0) is 4.79 Å². The number of nitrogens with one attached hydrogen (secondary N) is 1. The van der Waals surface area contributed by atoms with Gasteiger partial charge in [0.2, 0.25) is 5.91 Å². The zero-order valence-corrected chi connectivity index (χ0v) is 11.0. The van der Waals surface area contributed by atoms with Crippen LogP contribution in [0.2, 0.25) is 0 Å². The van der Waals surface area contributed by atoms with Crippen molar-refractivity contribution in [1.29, 1.82) is 0 Å². The van der Waals surface area contributed by atoms with Crippen LogP contribution in [0.25, 0.3) is 0 Å². The maximum absolute atomic E-state index is 11.7. The molecule has 4 nitrogen and oxygen atoms in total. The molecule has 0 bridgehead atoms. The average Bonchev–Trinajstić information content (AvgIpc) is 2.18. The van der Waals surface area contributed by atoms with Crippen molar-refractivity contribution in [3.63, 3.8) is 0 Å². The molecular weight excluding hydrogens is 202 g/mol. The second kappa shape index (κ2) is 9.60. The SMILES string of the molecule is CCCC(C)NC(=O)CN(CCC)CCN. The predicted octanol–water partition coefficient (Wildman–Crippen LogP) is 0.962. The molecule has 0 aromatic carbocycles. The highest BCUT2D eigenvalue weighted by atomic mass is 16.2. The standard InChI is InChI=1S/C12H27N3O/c1-4-6-11(3)14-12(16)10-15(8-5-2)9-7-13/h11H,4-10,13H2,1-3H3,(H,14,16). The minimum Gasteiger partial charge on any atom is -0.353 e. The van der Waals surface area contributed by atoms with Crippen molar-refractivity contribution in [2.24, 2.45) is 5.73 Å². The van der Waals surface area contributed by atoms with Crippen LogP contribution in [0.1, 0.15) is 40.0 Å². The van der Waals surface area contributed by atoms with E-state index in [0.717, 1.165) is 32.4 Å². The van der Waals surface area contributed by atoms with Crippen molar-refractivity contribution in [3.05, 3.63) is 0 Å². The monoisotopic (exact) mass is 229 g/mol. The summed E-state index contributed by atoms with van der Waals surface area (Å²) in [6.07, 6.45) is 3.19. The summed E-state index contributed by atoms with van der Waals surface area (Å²) in [6.45, 7) is 9.10. The summed E-state index contributed by atoms with van der Waals surface area (Å²) in [5.41, 5.74) is 5.51. The number of hydrogen-bond acceptors (Lipinski definition) is 3. The number of carbonyl (C=O) groups is 1. The number of nitrogens with two attached hydrogens (primary N) is 1. The van der Waals surface area contributed by atoms with Gasteiger partial charge in [0.15, 0.2) is 0 Å². The highest BCUT2D eigenvalue weighted by Crippen LogP contribution is 1.96. The Morgan fingerprint density at radius 1 is 1.31 bits per heavy atom. The first-order chi connectivity index (χ1) is 7.63. The van der Waals surface area contributed by atoms with E-state index in [1.54, 1.807) is 0 Å². The van der Waals surface area contributed by atoms with Gasteiger partial charge in [-0.2, -0.15) is 0 Å². The van der Waals surface area contributed by atoms with Gasteiger partial charge in [-0.1, -0.05) is 20.3 Å². The van der Waals surface area contributed by atoms with E-state index in [4.69, 9.17) is 5.73 Å². The lowest BCUT2D eigenvalue weighted by molar-refractivity contribution is -0.122. The Hall–Kier alpha value is -0.610. The van der Waals surface area contributed by atoms with Gasteiger partial charge in [-0.3, -0.25) is 9.69 Å². The smallest absolute Gasteiger partial charge is 0.234 e. The van der Waals surface area contributed by atoms with E-state index >= 15 is 0 Å². The number of amides is 1. The Labute approximate surface area is 99.6 Å². The molecule has 0 aliphatic carbocycles. The van der Waals surface area contributed by atoms with Gasteiger partial charge in [-0.25, -0.2) is 0 Å². The van der Waals surface area contributed by atoms with Gasteiger partial charge in [-0.15, -0.1) is 0 Å². The fraction of sp³-hybridized carbons (Fsp3) is 0.917. The van der Waals surface area contributed by atoms with E-state index in [2.05, 4.69) is 31.0 Å². The van der Waals surface area contributed by atoms with Crippen LogP contribution < -0.4 is 11.1 Å². The number of rotatable bonds is 9. The van der Waals surface area contributed by atoms with Gasteiger partial charge in [-0.05, 0) is 26.3 Å². The molecule has 0 radical (unpaired) electrons. The fourth-order valence-corrected chi connectivity index (χ4v) is 1.80. The highest BCUT2D eigenvalue weighted by molar-refractivity contribution is 5.78. The third-order valence-corrected chi connectivity index (χ3v) is 2.48. The van der Waals surface area contributed by atoms with Crippen molar-refractivity contribution in [2.75, 3.05) is 26.2 Å². The van der Waals surface area contributed by atoms with Gasteiger partial charge < -0.3 is 11.1 Å². The zero-order chi connectivity index (χ0) is 12.4. The molecule has 0 saturated carbocycles. The van der Waals surface area contributed by atoms with Crippen LogP contribution in [0.4, 0.5) is 0 Å². The van der Waals surface area contributed by atoms with Crippen molar-refractivity contribution < 1.29 is 4.79 Å². The molecule has 1 amide bonds. The van der Waals surface area contributed by atoms with Crippen molar-refractivity contribution in [1.82, 2.24) is 10.2 Å². The van der Waals surface area contributed by atoms with Crippen LogP contribution >= 0.6 is 0 Å². The molecule has 3 N–H and O–H groups in total. The van der Waals surface area contributed by atoms with Crippen LogP contribution in [0.15, 0.2) is 0 Å². The Kier molecular flexibility index (Phi) is 9.24. The molecule has 16 heavy (non-hydrogen) atoms. The number of carbonyl (C=O) groups excluding carboxylic acids is 1. The third kappa shape index (κ3) is 7.65. The van der Waals surface area contributed by atoms with Gasteiger partial charge in [0.05, 0.1) is 6.54 Å². The Morgan fingerprint density at radius 3 is 2.50 bits per heavy atom. The van der Waals surface area contributed by atoms with E-state index < -0.39 is 0 Å². The van der Waals surface area contributed by atoms with Gasteiger partial charge >= 0.3 is 0 Å². The maximum atomic E-state index is 11.7. The average molecular weight is 229 g/mol. The topological polar surface area (TPSA) is 58.4 Å². The summed E-state index contributed by atoms with van der Waals surface area (Å²) in [5, 5.41) is 3.01. The van der Waals surface area contributed by atoms with Crippen molar-refractivity contribution in [3.8, 4) is 0 Å². The first kappa shape index (κ1) is 15.4. The quantitative estimate of drug-likeness (QED) is 0.619. The molecule has 1 atom stereocenters. The molecule has 0 aliphatic heterocycles. The first-order valence-corrected chi connectivity index (χ1v) is 6.35. The fourth-order valence-electron chi connectivity index (χ4n) is 1.80. The Bertz CT molecular complexity index is 179. The minimum absolute atomic E-state index is 0.114. The van der Waals surface area contributed by atoms with Crippen LogP contribution in [0, 0.1) is 0 Å². The molecule has 0 heterocycles. The van der Waals surface area contributed by atoms with Crippen molar-refractivity contribution >= 4 is 5.91 Å². The highest BCUT2D eigenvalue weighted by Gasteiger charge is 2.11. The molecular formula is C12H27N3O. The second-order valence-electron chi connectivity index (χ2n) is 4.32. The summed E-state index contributed by atoms with van der Waals surface area (Å²) >= 11 is 0. The first-order valence-electron chi connectivity index (χ1n) is 6.35. The molecule has 96 valence electrons. The number of hydrogen-bond donors (Lipinski definition) is 2. The molecule has 0 aromatic heterocycles. The predicted molar refractivity (Wildman–Crippen MR) is 68.3 cm³/mol. The van der Waals surface area contributed by atoms with E-state index in [-0.39, 0.29) is 11.9 Å². The lowest BCUT2D eigenvalue weighted by atomic mass is 10.2. The molecule has 1 unspecified atom stereocenters. The Morgan fingerprint density at radius 2 is 2.00 bits per heavy atom. The molecule has 0 aliphatic rings. The molecule has 4 heteroatoms. The minimum atomic E-state index is 0.114. The van der Waals surface area contributed by atoms with E-state index in [9.17, 15) is 4.79 Å². The summed E-state index contributed by atoms with van der Waals surface area (Å²) in [4.78, 5) is 13.8. The molecule has 0 aromatic rings. The summed E-state index contributed by atoms with van der Waals surface area (Å²) in [5.74, 6) is 0.114. The third-order valence-electron chi connectivity index (χ3n) is 2.48.